The van der Waals surface area contributed by atoms with Gasteiger partial charge in [-0.2, -0.15) is 4.98 Å². The van der Waals surface area contributed by atoms with E-state index in [-0.39, 0.29) is 30.1 Å². The average Bonchev–Trinajstić information content (AvgIpc) is 3.65. The number of rotatable bonds is 10. The fourth-order valence-corrected chi connectivity index (χ4v) is 5.28. The topological polar surface area (TPSA) is 133 Å². The molecule has 0 atom stereocenters. The predicted molar refractivity (Wildman–Crippen MR) is 161 cm³/mol. The molecule has 228 valence electrons. The molecule has 1 N–H and O–H groups in total. The van der Waals surface area contributed by atoms with Crippen LogP contribution in [-0.2, 0) is 25.8 Å². The number of aryl methyl sites for hydroxylation is 2. The summed E-state index contributed by atoms with van der Waals surface area (Å²) >= 11 is 0. The number of halogens is 2. The van der Waals surface area contributed by atoms with Crippen LogP contribution in [0.25, 0.3) is 22.5 Å². The van der Waals surface area contributed by atoms with Crippen molar-refractivity contribution in [2.24, 2.45) is 0 Å². The van der Waals surface area contributed by atoms with Crippen LogP contribution in [0.5, 0.6) is 0 Å². The van der Waals surface area contributed by atoms with Crippen LogP contribution >= 0.6 is 0 Å². The first-order chi connectivity index (χ1) is 21.8. The van der Waals surface area contributed by atoms with Crippen LogP contribution in [0.15, 0.2) is 85.4 Å². The highest BCUT2D eigenvalue weighted by Gasteiger charge is 2.19. The van der Waals surface area contributed by atoms with Gasteiger partial charge in [-0.15, -0.1) is 0 Å². The van der Waals surface area contributed by atoms with Crippen molar-refractivity contribution in [1.82, 2.24) is 29.8 Å². The Balaban J connectivity index is 1.26. The Hall–Kier alpha value is -5.52. The molecular formula is C33H28F2N6O4. The molecule has 0 aliphatic heterocycles. The smallest absolute Gasteiger partial charge is 0.339 e. The van der Waals surface area contributed by atoms with Gasteiger partial charge in [0.15, 0.2) is 11.6 Å². The maximum absolute atomic E-state index is 13.9. The Kier molecular flexibility index (Phi) is 8.28. The molecule has 10 nitrogen and oxygen atoms in total. The molecule has 0 saturated carbocycles. The second-order valence-corrected chi connectivity index (χ2v) is 10.7. The van der Waals surface area contributed by atoms with Gasteiger partial charge >= 0.3 is 5.76 Å². The van der Waals surface area contributed by atoms with Crippen LogP contribution in [0.2, 0.25) is 0 Å². The number of nitrogens with zero attached hydrogens (tertiary/aromatic N) is 5. The molecule has 0 aliphatic carbocycles. The lowest BCUT2D eigenvalue weighted by Gasteiger charge is -2.16. The SMILES string of the molecule is CCCc1nc(C)c(Cc2nc(Cc3cc(F)cc(F)c3)no2)c(=O)n1Cc1ccc(-c2ccccc2-c2noc(=O)[nH]2)cc1. The summed E-state index contributed by atoms with van der Waals surface area (Å²) in [5.41, 5.74) is 4.53. The third-order valence-electron chi connectivity index (χ3n) is 7.37. The number of aromatic amines is 1. The number of H-pyrrole nitrogens is 1. The third-order valence-corrected chi connectivity index (χ3v) is 7.37. The van der Waals surface area contributed by atoms with E-state index in [1.54, 1.807) is 11.5 Å². The molecule has 0 saturated heterocycles. The van der Waals surface area contributed by atoms with Crippen LogP contribution in [0.3, 0.4) is 0 Å². The summed E-state index contributed by atoms with van der Waals surface area (Å²) in [5, 5.41) is 7.76. The van der Waals surface area contributed by atoms with Crippen molar-refractivity contribution in [3.8, 4) is 22.5 Å². The third kappa shape index (κ3) is 6.54. The first-order valence-electron chi connectivity index (χ1n) is 14.4. The van der Waals surface area contributed by atoms with Crippen molar-refractivity contribution in [2.45, 2.75) is 46.1 Å². The summed E-state index contributed by atoms with van der Waals surface area (Å²) in [4.78, 5) is 37.1. The molecule has 0 amide bonds. The van der Waals surface area contributed by atoms with Crippen LogP contribution in [-0.4, -0.2) is 29.8 Å². The lowest BCUT2D eigenvalue weighted by Crippen LogP contribution is -2.30. The molecule has 0 aliphatic rings. The quantitative estimate of drug-likeness (QED) is 0.218. The fraction of sp³-hybridized carbons (Fsp3) is 0.212. The van der Waals surface area contributed by atoms with Gasteiger partial charge in [-0.3, -0.25) is 18.9 Å². The standard InChI is InChI=1S/C33H28F2N6O4/c1-3-6-29-36-19(2)27(17-30-37-28(39-44-30)15-21-13-23(34)16-24(35)14-21)32(42)41(29)18-20-9-11-22(12-10-20)25-7-4-5-8-26(25)31-38-33(43)45-40-31/h4-5,7-14,16H,3,6,15,17-18H2,1-2H3,(H,38,40,43). The van der Waals surface area contributed by atoms with Crippen molar-refractivity contribution >= 4 is 0 Å². The van der Waals surface area contributed by atoms with E-state index in [1.165, 1.54) is 12.1 Å². The molecule has 0 fully saturated rings. The van der Waals surface area contributed by atoms with E-state index in [0.717, 1.165) is 34.7 Å². The maximum Gasteiger partial charge on any atom is 0.439 e. The minimum Gasteiger partial charge on any atom is -0.339 e. The normalized spacial score (nSPS) is 11.3. The second-order valence-electron chi connectivity index (χ2n) is 10.7. The number of nitrogens with one attached hydrogen (secondary N) is 1. The van der Waals surface area contributed by atoms with E-state index in [4.69, 9.17) is 9.51 Å². The zero-order valence-corrected chi connectivity index (χ0v) is 24.5. The zero-order chi connectivity index (χ0) is 31.5. The molecule has 6 rings (SSSR count). The van der Waals surface area contributed by atoms with Crippen molar-refractivity contribution in [1.29, 1.82) is 0 Å². The van der Waals surface area contributed by atoms with E-state index in [2.05, 4.69) is 24.8 Å². The molecule has 3 aromatic carbocycles. The summed E-state index contributed by atoms with van der Waals surface area (Å²) in [6.45, 7) is 4.10. The molecule has 0 bridgehead atoms. The van der Waals surface area contributed by atoms with Gasteiger partial charge in [0.2, 0.25) is 5.89 Å². The summed E-state index contributed by atoms with van der Waals surface area (Å²) in [6, 6.07) is 18.5. The second kappa shape index (κ2) is 12.6. The van der Waals surface area contributed by atoms with E-state index < -0.39 is 17.4 Å². The highest BCUT2D eigenvalue weighted by Crippen LogP contribution is 2.30. The molecule has 45 heavy (non-hydrogen) atoms. The van der Waals surface area contributed by atoms with Crippen molar-refractivity contribution in [3.05, 3.63) is 139 Å². The van der Waals surface area contributed by atoms with Crippen LogP contribution in [0, 0.1) is 18.6 Å². The molecule has 6 aromatic rings. The van der Waals surface area contributed by atoms with E-state index >= 15 is 0 Å². The Morgan fingerprint density at radius 3 is 2.27 bits per heavy atom. The van der Waals surface area contributed by atoms with Gasteiger partial charge in [0.25, 0.3) is 5.56 Å². The van der Waals surface area contributed by atoms with Crippen molar-refractivity contribution in [3.63, 3.8) is 0 Å². The molecular weight excluding hydrogens is 582 g/mol. The molecule has 0 unspecified atom stereocenters. The fourth-order valence-electron chi connectivity index (χ4n) is 5.28. The Morgan fingerprint density at radius 2 is 1.58 bits per heavy atom. The summed E-state index contributed by atoms with van der Waals surface area (Å²) in [7, 11) is 0. The Labute approximate surface area is 255 Å². The number of aromatic nitrogens is 6. The lowest BCUT2D eigenvalue weighted by molar-refractivity contribution is 0.379. The van der Waals surface area contributed by atoms with Crippen LogP contribution in [0.4, 0.5) is 8.78 Å². The predicted octanol–water partition coefficient (Wildman–Crippen LogP) is 5.41. The van der Waals surface area contributed by atoms with Gasteiger partial charge in [-0.05, 0) is 47.7 Å². The van der Waals surface area contributed by atoms with E-state index in [0.29, 0.717) is 41.4 Å². The van der Waals surface area contributed by atoms with Gasteiger partial charge in [-0.1, -0.05) is 65.8 Å². The largest absolute Gasteiger partial charge is 0.439 e. The lowest BCUT2D eigenvalue weighted by atomic mass is 9.98. The molecule has 12 heteroatoms. The minimum absolute atomic E-state index is 0.0639. The van der Waals surface area contributed by atoms with Gasteiger partial charge in [0, 0.05) is 35.7 Å². The minimum atomic E-state index is -0.688. The van der Waals surface area contributed by atoms with Crippen molar-refractivity contribution < 1.29 is 17.8 Å². The summed E-state index contributed by atoms with van der Waals surface area (Å²) in [6.07, 6.45) is 1.56. The monoisotopic (exact) mass is 610 g/mol. The molecule has 3 heterocycles. The van der Waals surface area contributed by atoms with E-state index in [9.17, 15) is 18.4 Å². The van der Waals surface area contributed by atoms with Gasteiger partial charge < -0.3 is 4.52 Å². The molecule has 3 aromatic heterocycles. The number of hydrogen-bond donors (Lipinski definition) is 1. The highest BCUT2D eigenvalue weighted by molar-refractivity contribution is 5.80. The molecule has 0 spiro atoms. The van der Waals surface area contributed by atoms with E-state index in [1.807, 2.05) is 55.5 Å². The van der Waals surface area contributed by atoms with Crippen LogP contribution in [0.1, 0.15) is 53.3 Å². The number of hydrogen-bond acceptors (Lipinski definition) is 8. The molecule has 0 radical (unpaired) electrons. The number of benzene rings is 3. The zero-order valence-electron chi connectivity index (χ0n) is 24.5. The Bertz CT molecular complexity index is 2080. The van der Waals surface area contributed by atoms with Gasteiger partial charge in [0.1, 0.15) is 17.5 Å². The van der Waals surface area contributed by atoms with Crippen molar-refractivity contribution in [2.75, 3.05) is 0 Å². The van der Waals surface area contributed by atoms with Gasteiger partial charge in [0.05, 0.1) is 13.0 Å². The van der Waals surface area contributed by atoms with Gasteiger partial charge in [-0.25, -0.2) is 18.6 Å². The first kappa shape index (κ1) is 29.5. The van der Waals surface area contributed by atoms with Crippen LogP contribution < -0.4 is 11.3 Å². The Morgan fingerprint density at radius 1 is 0.844 bits per heavy atom. The highest BCUT2D eigenvalue weighted by atomic mass is 19.1. The summed E-state index contributed by atoms with van der Waals surface area (Å²) in [5.74, 6) is -0.541. The average molecular weight is 611 g/mol. The summed E-state index contributed by atoms with van der Waals surface area (Å²) < 4.78 is 39.0. The first-order valence-corrected chi connectivity index (χ1v) is 14.4. The maximum atomic E-state index is 13.9.